The van der Waals surface area contributed by atoms with Crippen molar-refractivity contribution >= 4 is 16.6 Å². The molecular formula is C21H17N3. The van der Waals surface area contributed by atoms with Crippen LogP contribution in [0.3, 0.4) is 0 Å². The maximum absolute atomic E-state index is 6.05. The first-order valence-corrected chi connectivity index (χ1v) is 7.95. The number of benzene rings is 3. The molecule has 0 saturated carbocycles. The Bertz CT molecular complexity index is 989. The van der Waals surface area contributed by atoms with Gasteiger partial charge in [0.1, 0.15) is 5.82 Å². The highest BCUT2D eigenvalue weighted by atomic mass is 14.9. The quantitative estimate of drug-likeness (QED) is 0.607. The lowest BCUT2D eigenvalue weighted by Gasteiger charge is -2.09. The van der Waals surface area contributed by atoms with Crippen LogP contribution in [0.5, 0.6) is 0 Å². The molecule has 116 valence electrons. The van der Waals surface area contributed by atoms with Crippen molar-refractivity contribution < 1.29 is 0 Å². The standard InChI is InChI=1S/C21H17N3/c22-21-19(13-15-7-2-1-3-8-15)24-20(14-23-21)18-12-6-10-16-9-4-5-11-17(16)18/h1-12,14H,13H2,(H2,22,23). The first kappa shape index (κ1) is 14.4. The van der Waals surface area contributed by atoms with Crippen molar-refractivity contribution in [2.24, 2.45) is 0 Å². The third-order valence-electron chi connectivity index (χ3n) is 4.16. The molecule has 0 aliphatic carbocycles. The molecule has 0 spiro atoms. The van der Waals surface area contributed by atoms with E-state index in [9.17, 15) is 0 Å². The van der Waals surface area contributed by atoms with Crippen molar-refractivity contribution in [2.75, 3.05) is 5.73 Å². The third kappa shape index (κ3) is 2.72. The van der Waals surface area contributed by atoms with E-state index in [4.69, 9.17) is 10.7 Å². The summed E-state index contributed by atoms with van der Waals surface area (Å²) < 4.78 is 0. The number of hydrogen-bond donors (Lipinski definition) is 1. The van der Waals surface area contributed by atoms with Crippen LogP contribution in [0.4, 0.5) is 5.82 Å². The molecule has 24 heavy (non-hydrogen) atoms. The van der Waals surface area contributed by atoms with Crippen LogP contribution < -0.4 is 5.73 Å². The molecule has 3 aromatic carbocycles. The maximum atomic E-state index is 6.05. The number of fused-ring (bicyclic) bond motifs is 1. The number of anilines is 1. The second-order valence-corrected chi connectivity index (χ2v) is 5.78. The van der Waals surface area contributed by atoms with Gasteiger partial charge in [0.25, 0.3) is 0 Å². The van der Waals surface area contributed by atoms with Gasteiger partial charge < -0.3 is 5.73 Å². The van der Waals surface area contributed by atoms with Gasteiger partial charge in [0.2, 0.25) is 0 Å². The normalized spacial score (nSPS) is 10.8. The van der Waals surface area contributed by atoms with Crippen molar-refractivity contribution in [3.05, 3.63) is 90.3 Å². The average molecular weight is 311 g/mol. The molecule has 0 fully saturated rings. The van der Waals surface area contributed by atoms with Gasteiger partial charge in [-0.3, -0.25) is 0 Å². The van der Waals surface area contributed by atoms with Crippen LogP contribution in [0.15, 0.2) is 79.0 Å². The number of hydrogen-bond acceptors (Lipinski definition) is 3. The molecule has 0 aliphatic heterocycles. The van der Waals surface area contributed by atoms with Crippen LogP contribution in [-0.2, 0) is 6.42 Å². The number of aromatic nitrogens is 2. The van der Waals surface area contributed by atoms with Crippen molar-refractivity contribution in [3.8, 4) is 11.3 Å². The lowest BCUT2D eigenvalue weighted by atomic mass is 10.0. The minimum absolute atomic E-state index is 0.489. The van der Waals surface area contributed by atoms with E-state index in [2.05, 4.69) is 41.4 Å². The number of nitrogens with two attached hydrogens (primary N) is 1. The molecule has 3 nitrogen and oxygen atoms in total. The topological polar surface area (TPSA) is 51.8 Å². The molecule has 0 radical (unpaired) electrons. The van der Waals surface area contributed by atoms with Gasteiger partial charge in [0.15, 0.2) is 0 Å². The van der Waals surface area contributed by atoms with E-state index in [1.807, 2.05) is 36.4 Å². The van der Waals surface area contributed by atoms with Gasteiger partial charge in [0, 0.05) is 12.0 Å². The molecule has 0 unspecified atom stereocenters. The van der Waals surface area contributed by atoms with Crippen molar-refractivity contribution in [3.63, 3.8) is 0 Å². The maximum Gasteiger partial charge on any atom is 0.145 e. The van der Waals surface area contributed by atoms with Crippen LogP contribution in [0.2, 0.25) is 0 Å². The predicted octanol–water partition coefficient (Wildman–Crippen LogP) is 4.47. The Morgan fingerprint density at radius 2 is 1.54 bits per heavy atom. The Labute approximate surface area is 140 Å². The van der Waals surface area contributed by atoms with Gasteiger partial charge in [-0.1, -0.05) is 72.8 Å². The lowest BCUT2D eigenvalue weighted by Crippen LogP contribution is -2.03. The van der Waals surface area contributed by atoms with E-state index in [0.717, 1.165) is 17.0 Å². The van der Waals surface area contributed by atoms with Gasteiger partial charge in [-0.15, -0.1) is 0 Å². The largest absolute Gasteiger partial charge is 0.382 e. The van der Waals surface area contributed by atoms with E-state index in [1.54, 1.807) is 6.20 Å². The van der Waals surface area contributed by atoms with Crippen LogP contribution in [-0.4, -0.2) is 9.97 Å². The summed E-state index contributed by atoms with van der Waals surface area (Å²) in [6.45, 7) is 0. The Kier molecular flexibility index (Phi) is 3.67. The predicted molar refractivity (Wildman–Crippen MR) is 98.6 cm³/mol. The lowest BCUT2D eigenvalue weighted by molar-refractivity contribution is 1.05. The summed E-state index contributed by atoms with van der Waals surface area (Å²) >= 11 is 0. The summed E-state index contributed by atoms with van der Waals surface area (Å²) in [6.07, 6.45) is 2.43. The third-order valence-corrected chi connectivity index (χ3v) is 4.16. The molecule has 0 atom stereocenters. The minimum Gasteiger partial charge on any atom is -0.382 e. The van der Waals surface area contributed by atoms with E-state index < -0.39 is 0 Å². The molecule has 1 heterocycles. The molecular weight excluding hydrogens is 294 g/mol. The van der Waals surface area contributed by atoms with Gasteiger partial charge >= 0.3 is 0 Å². The zero-order valence-electron chi connectivity index (χ0n) is 13.2. The first-order chi connectivity index (χ1) is 11.8. The van der Waals surface area contributed by atoms with Gasteiger partial charge in [-0.05, 0) is 16.3 Å². The summed E-state index contributed by atoms with van der Waals surface area (Å²) in [5.74, 6) is 0.489. The summed E-state index contributed by atoms with van der Waals surface area (Å²) in [4.78, 5) is 9.17. The fourth-order valence-corrected chi connectivity index (χ4v) is 2.93. The second kappa shape index (κ2) is 6.13. The molecule has 0 aliphatic rings. The summed E-state index contributed by atoms with van der Waals surface area (Å²) in [5, 5.41) is 2.36. The van der Waals surface area contributed by atoms with Crippen LogP contribution in [0.1, 0.15) is 11.3 Å². The van der Waals surface area contributed by atoms with Crippen molar-refractivity contribution in [1.29, 1.82) is 0 Å². The van der Waals surface area contributed by atoms with Crippen molar-refractivity contribution in [2.45, 2.75) is 6.42 Å². The fourth-order valence-electron chi connectivity index (χ4n) is 2.93. The van der Waals surface area contributed by atoms with Crippen molar-refractivity contribution in [1.82, 2.24) is 9.97 Å². The molecule has 3 heteroatoms. The Balaban J connectivity index is 1.80. The van der Waals surface area contributed by atoms with E-state index in [0.29, 0.717) is 12.2 Å². The number of rotatable bonds is 3. The summed E-state index contributed by atoms with van der Waals surface area (Å²) in [6, 6.07) is 24.7. The molecule has 1 aromatic heterocycles. The summed E-state index contributed by atoms with van der Waals surface area (Å²) in [5.41, 5.74) is 9.97. The average Bonchev–Trinajstić information content (AvgIpc) is 2.64. The van der Waals surface area contributed by atoms with Gasteiger partial charge in [0.05, 0.1) is 17.6 Å². The van der Waals surface area contributed by atoms with Gasteiger partial charge in [-0.25, -0.2) is 9.97 Å². The second-order valence-electron chi connectivity index (χ2n) is 5.78. The Hall–Kier alpha value is -3.20. The van der Waals surface area contributed by atoms with E-state index in [1.165, 1.54) is 16.3 Å². The zero-order valence-corrected chi connectivity index (χ0v) is 13.2. The van der Waals surface area contributed by atoms with E-state index >= 15 is 0 Å². The van der Waals surface area contributed by atoms with Crippen LogP contribution >= 0.6 is 0 Å². The molecule has 2 N–H and O–H groups in total. The molecule has 0 bridgehead atoms. The smallest absolute Gasteiger partial charge is 0.145 e. The Morgan fingerprint density at radius 3 is 2.42 bits per heavy atom. The highest BCUT2D eigenvalue weighted by Crippen LogP contribution is 2.28. The number of nitrogen functional groups attached to an aromatic ring is 1. The highest BCUT2D eigenvalue weighted by molar-refractivity contribution is 5.95. The monoisotopic (exact) mass is 311 g/mol. The SMILES string of the molecule is Nc1ncc(-c2cccc3ccccc23)nc1Cc1ccccc1. The highest BCUT2D eigenvalue weighted by Gasteiger charge is 2.10. The number of nitrogens with zero attached hydrogens (tertiary/aromatic N) is 2. The molecule has 4 rings (SSSR count). The van der Waals surface area contributed by atoms with Gasteiger partial charge in [-0.2, -0.15) is 0 Å². The Morgan fingerprint density at radius 1 is 0.792 bits per heavy atom. The molecule has 0 saturated heterocycles. The zero-order chi connectivity index (χ0) is 16.4. The fraction of sp³-hybridized carbons (Fsp3) is 0.0476. The minimum atomic E-state index is 0.489. The molecule has 0 amide bonds. The van der Waals surface area contributed by atoms with E-state index in [-0.39, 0.29) is 0 Å². The van der Waals surface area contributed by atoms with Crippen LogP contribution in [0, 0.1) is 0 Å². The molecule has 4 aromatic rings. The summed E-state index contributed by atoms with van der Waals surface area (Å²) in [7, 11) is 0. The first-order valence-electron chi connectivity index (χ1n) is 7.95. The van der Waals surface area contributed by atoms with Crippen LogP contribution in [0.25, 0.3) is 22.0 Å².